The second kappa shape index (κ2) is 7.85. The summed E-state index contributed by atoms with van der Waals surface area (Å²) in [6.07, 6.45) is -2.78. The second-order valence-electron chi connectivity index (χ2n) is 6.74. The number of nitro groups is 1. The van der Waals surface area contributed by atoms with E-state index in [0.29, 0.717) is 6.07 Å². The molecule has 144 valence electrons. The largest absolute Gasteiger partial charge is 0.416 e. The van der Waals surface area contributed by atoms with Gasteiger partial charge in [-0.1, -0.05) is 13.8 Å². The van der Waals surface area contributed by atoms with E-state index in [1.165, 1.54) is 0 Å². The fourth-order valence-electron chi connectivity index (χ4n) is 2.61. The molecule has 9 heteroatoms. The van der Waals surface area contributed by atoms with Crippen molar-refractivity contribution < 1.29 is 22.9 Å². The Morgan fingerprint density at radius 2 is 1.96 bits per heavy atom. The summed E-state index contributed by atoms with van der Waals surface area (Å²) in [6, 6.07) is 2.62. The van der Waals surface area contributed by atoms with Crippen LogP contribution in [0.2, 0.25) is 0 Å². The maximum atomic E-state index is 12.8. The Morgan fingerprint density at radius 1 is 1.35 bits per heavy atom. The van der Waals surface area contributed by atoms with Crippen molar-refractivity contribution in [2.75, 3.05) is 5.75 Å². The van der Waals surface area contributed by atoms with Gasteiger partial charge in [0.05, 0.1) is 21.1 Å². The van der Waals surface area contributed by atoms with Gasteiger partial charge in [0, 0.05) is 18.2 Å². The molecule has 1 unspecified atom stereocenters. The average Bonchev–Trinajstić information content (AvgIpc) is 3.36. The minimum absolute atomic E-state index is 0.0400. The Morgan fingerprint density at radius 3 is 2.42 bits per heavy atom. The lowest BCUT2D eigenvalue weighted by atomic mass is 10.0. The van der Waals surface area contributed by atoms with Crippen LogP contribution in [0.15, 0.2) is 23.1 Å². The van der Waals surface area contributed by atoms with E-state index in [4.69, 9.17) is 0 Å². The van der Waals surface area contributed by atoms with Gasteiger partial charge in [0.1, 0.15) is 0 Å². The van der Waals surface area contributed by atoms with Gasteiger partial charge in [-0.2, -0.15) is 13.2 Å². The highest BCUT2D eigenvalue weighted by atomic mass is 32.2. The van der Waals surface area contributed by atoms with Crippen LogP contribution in [0.1, 0.15) is 39.2 Å². The molecule has 26 heavy (non-hydrogen) atoms. The number of benzene rings is 1. The summed E-state index contributed by atoms with van der Waals surface area (Å²) in [7, 11) is 0. The molecule has 0 heterocycles. The van der Waals surface area contributed by atoms with E-state index in [1.54, 1.807) is 0 Å². The first-order valence-corrected chi connectivity index (χ1v) is 9.30. The molecule has 0 N–H and O–H groups in total. The highest BCUT2D eigenvalue weighted by Crippen LogP contribution is 2.37. The van der Waals surface area contributed by atoms with Gasteiger partial charge in [-0.15, -0.1) is 11.8 Å². The van der Waals surface area contributed by atoms with Crippen LogP contribution in [-0.2, 0) is 11.0 Å². The molecule has 1 fully saturated rings. The zero-order valence-electron chi connectivity index (χ0n) is 14.7. The molecule has 5 nitrogen and oxygen atoms in total. The van der Waals surface area contributed by atoms with Crippen molar-refractivity contribution in [2.24, 2.45) is 5.92 Å². The van der Waals surface area contributed by atoms with E-state index in [-0.39, 0.29) is 34.6 Å². The second-order valence-corrected chi connectivity index (χ2v) is 7.76. The van der Waals surface area contributed by atoms with Crippen molar-refractivity contribution in [1.29, 1.82) is 0 Å². The van der Waals surface area contributed by atoms with Crippen LogP contribution >= 0.6 is 11.8 Å². The molecule has 1 aliphatic rings. The van der Waals surface area contributed by atoms with Gasteiger partial charge < -0.3 is 4.90 Å². The van der Waals surface area contributed by atoms with Gasteiger partial charge in [-0.05, 0) is 37.8 Å². The molecule has 0 saturated heterocycles. The first-order valence-electron chi connectivity index (χ1n) is 8.32. The van der Waals surface area contributed by atoms with Gasteiger partial charge in [0.15, 0.2) is 0 Å². The van der Waals surface area contributed by atoms with Gasteiger partial charge in [-0.3, -0.25) is 14.9 Å². The molecule has 1 aliphatic carbocycles. The molecule has 1 aromatic carbocycles. The first-order chi connectivity index (χ1) is 12.0. The topological polar surface area (TPSA) is 63.5 Å². The zero-order chi connectivity index (χ0) is 19.6. The fourth-order valence-corrected chi connectivity index (χ4v) is 3.48. The SMILES string of the molecule is CC(C)C(C)N(C(=O)CSc1ccc(C(F)(F)F)cc1[N+](=O)[O-])C1CC1. The number of nitrogens with zero attached hydrogens (tertiary/aromatic N) is 2. The van der Waals surface area contributed by atoms with Crippen molar-refractivity contribution in [1.82, 2.24) is 4.90 Å². The van der Waals surface area contributed by atoms with Gasteiger partial charge >= 0.3 is 6.18 Å². The minimum Gasteiger partial charge on any atom is -0.336 e. The van der Waals surface area contributed by atoms with Crippen molar-refractivity contribution in [2.45, 2.75) is 56.8 Å². The van der Waals surface area contributed by atoms with Crippen molar-refractivity contribution in [3.05, 3.63) is 33.9 Å². The minimum atomic E-state index is -4.65. The Bertz CT molecular complexity index is 690. The molecule has 0 aromatic heterocycles. The maximum Gasteiger partial charge on any atom is 0.416 e. The van der Waals surface area contributed by atoms with Crippen LogP contribution in [0.25, 0.3) is 0 Å². The van der Waals surface area contributed by atoms with Gasteiger partial charge in [0.2, 0.25) is 5.91 Å². The Kier molecular flexibility index (Phi) is 6.21. The number of alkyl halides is 3. The van der Waals surface area contributed by atoms with Crippen molar-refractivity contribution >= 4 is 23.4 Å². The highest BCUT2D eigenvalue weighted by molar-refractivity contribution is 8.00. The number of carbonyl (C=O) groups excluding carboxylic acids is 1. The molecule has 0 spiro atoms. The summed E-state index contributed by atoms with van der Waals surface area (Å²) in [6.45, 7) is 5.99. The monoisotopic (exact) mass is 390 g/mol. The number of thioether (sulfide) groups is 1. The van der Waals surface area contributed by atoms with E-state index < -0.39 is 22.4 Å². The standard InChI is InChI=1S/C17H21F3N2O3S/c1-10(2)11(3)21(13-5-6-13)16(23)9-26-15-7-4-12(17(18,19)20)8-14(15)22(24)25/h4,7-8,10-11,13H,5-6,9H2,1-3H3. The highest BCUT2D eigenvalue weighted by Gasteiger charge is 2.37. The normalized spacial score (nSPS) is 15.8. The smallest absolute Gasteiger partial charge is 0.336 e. The Balaban J connectivity index is 2.15. The summed E-state index contributed by atoms with van der Waals surface area (Å²) >= 11 is 0.905. The third kappa shape index (κ3) is 4.90. The molecule has 0 aliphatic heterocycles. The molecule has 1 atom stereocenters. The molecule has 0 radical (unpaired) electrons. The maximum absolute atomic E-state index is 12.8. The summed E-state index contributed by atoms with van der Waals surface area (Å²) in [5, 5.41) is 11.1. The first kappa shape index (κ1) is 20.5. The predicted octanol–water partition coefficient (Wildman–Crippen LogP) is 4.74. The fraction of sp³-hybridized carbons (Fsp3) is 0.588. The lowest BCUT2D eigenvalue weighted by Crippen LogP contribution is -2.44. The van der Waals surface area contributed by atoms with Gasteiger partial charge in [-0.25, -0.2) is 0 Å². The van der Waals surface area contributed by atoms with Gasteiger partial charge in [0.25, 0.3) is 5.69 Å². The third-order valence-electron chi connectivity index (χ3n) is 4.47. The van der Waals surface area contributed by atoms with Crippen LogP contribution in [0, 0.1) is 16.0 Å². The van der Waals surface area contributed by atoms with E-state index in [0.717, 1.165) is 36.7 Å². The lowest BCUT2D eigenvalue weighted by Gasteiger charge is -2.32. The molecule has 0 bridgehead atoms. The predicted molar refractivity (Wildman–Crippen MR) is 93.0 cm³/mol. The van der Waals surface area contributed by atoms with E-state index >= 15 is 0 Å². The number of amides is 1. The quantitative estimate of drug-likeness (QED) is 0.383. The van der Waals surface area contributed by atoms with E-state index in [9.17, 15) is 28.1 Å². The third-order valence-corrected chi connectivity index (χ3v) is 5.51. The molecule has 2 rings (SSSR count). The van der Waals surface area contributed by atoms with E-state index in [1.807, 2.05) is 25.7 Å². The molecular formula is C17H21F3N2O3S. The van der Waals surface area contributed by atoms with Crippen LogP contribution in [0.3, 0.4) is 0 Å². The van der Waals surface area contributed by atoms with Crippen molar-refractivity contribution in [3.8, 4) is 0 Å². The lowest BCUT2D eigenvalue weighted by molar-refractivity contribution is -0.388. The van der Waals surface area contributed by atoms with E-state index in [2.05, 4.69) is 0 Å². The van der Waals surface area contributed by atoms with Crippen LogP contribution < -0.4 is 0 Å². The Hall–Kier alpha value is -1.77. The zero-order valence-corrected chi connectivity index (χ0v) is 15.6. The van der Waals surface area contributed by atoms with Crippen LogP contribution in [-0.4, -0.2) is 33.6 Å². The summed E-state index contributed by atoms with van der Waals surface area (Å²) in [4.78, 5) is 24.8. The number of hydrogen-bond donors (Lipinski definition) is 0. The number of nitro benzene ring substituents is 1. The average molecular weight is 390 g/mol. The number of hydrogen-bond acceptors (Lipinski definition) is 4. The summed E-state index contributed by atoms with van der Waals surface area (Å²) in [5.74, 6) is 0.0811. The van der Waals surface area contributed by atoms with Crippen LogP contribution in [0.5, 0.6) is 0 Å². The molecular weight excluding hydrogens is 369 g/mol. The summed E-state index contributed by atoms with van der Waals surface area (Å²) < 4.78 is 38.3. The Labute approximate surface area is 154 Å². The van der Waals surface area contributed by atoms with Crippen molar-refractivity contribution in [3.63, 3.8) is 0 Å². The summed E-state index contributed by atoms with van der Waals surface area (Å²) in [5.41, 5.74) is -1.71. The number of rotatable bonds is 7. The molecule has 1 amide bonds. The molecule has 1 saturated carbocycles. The number of halogens is 3. The molecule has 1 aromatic rings. The number of carbonyl (C=O) groups is 1. The van der Waals surface area contributed by atoms with Crippen LogP contribution in [0.4, 0.5) is 18.9 Å².